The van der Waals surface area contributed by atoms with Crippen molar-refractivity contribution in [2.75, 3.05) is 13.7 Å². The first kappa shape index (κ1) is 21.4. The van der Waals surface area contributed by atoms with E-state index in [-0.39, 0.29) is 12.2 Å². The maximum Gasteiger partial charge on any atom is 0.335 e. The van der Waals surface area contributed by atoms with Crippen LogP contribution < -0.4 is 20.2 Å². The number of aromatic carboxylic acids is 1. The van der Waals surface area contributed by atoms with Crippen LogP contribution in [-0.4, -0.2) is 42.8 Å². The van der Waals surface area contributed by atoms with E-state index in [0.717, 1.165) is 5.56 Å². The van der Waals surface area contributed by atoms with Gasteiger partial charge in [-0.05, 0) is 48.4 Å². The highest BCUT2D eigenvalue weighted by molar-refractivity contribution is 6.34. The second kappa shape index (κ2) is 10.5. The lowest BCUT2D eigenvalue weighted by Crippen LogP contribution is -2.35. The van der Waals surface area contributed by atoms with Crippen molar-refractivity contribution in [2.24, 2.45) is 5.10 Å². The Labute approximate surface area is 167 Å². The van der Waals surface area contributed by atoms with Gasteiger partial charge in [0.15, 0.2) is 11.5 Å². The van der Waals surface area contributed by atoms with Gasteiger partial charge in [-0.25, -0.2) is 10.2 Å². The summed E-state index contributed by atoms with van der Waals surface area (Å²) in [6.45, 7) is 2.48. The molecule has 0 spiro atoms. The zero-order valence-corrected chi connectivity index (χ0v) is 16.0. The van der Waals surface area contributed by atoms with Crippen molar-refractivity contribution in [3.05, 3.63) is 59.2 Å². The first-order chi connectivity index (χ1) is 13.9. The van der Waals surface area contributed by atoms with Crippen LogP contribution in [0.4, 0.5) is 0 Å². The zero-order chi connectivity index (χ0) is 21.2. The minimum atomic E-state index is -0.986. The molecule has 0 fully saturated rings. The molecular weight excluding hydrogens is 378 g/mol. The predicted molar refractivity (Wildman–Crippen MR) is 105 cm³/mol. The van der Waals surface area contributed by atoms with Gasteiger partial charge in [0, 0.05) is 7.05 Å². The monoisotopic (exact) mass is 399 g/mol. The summed E-state index contributed by atoms with van der Waals surface area (Å²) in [5.41, 5.74) is 3.75. The van der Waals surface area contributed by atoms with Crippen molar-refractivity contribution in [1.82, 2.24) is 10.7 Å². The number of nitrogens with one attached hydrogen (secondary N) is 2. The van der Waals surface area contributed by atoms with E-state index in [1.165, 1.54) is 25.4 Å². The fourth-order valence-electron chi connectivity index (χ4n) is 2.23. The van der Waals surface area contributed by atoms with Crippen LogP contribution in [-0.2, 0) is 16.2 Å². The standard InChI is InChI=1S/C20H21N3O6/c1-3-28-17-10-14(11-22-23-19(25)18(24)21-2)6-9-16(17)29-12-13-4-7-15(8-5-13)20(26)27/h4-11H,3,12H2,1-2H3,(H,21,24)(H,23,25)(H,26,27)/b22-11-. The summed E-state index contributed by atoms with van der Waals surface area (Å²) in [6.07, 6.45) is 1.37. The molecule has 0 aromatic heterocycles. The van der Waals surface area contributed by atoms with E-state index < -0.39 is 17.8 Å². The summed E-state index contributed by atoms with van der Waals surface area (Å²) < 4.78 is 11.4. The van der Waals surface area contributed by atoms with Gasteiger partial charge < -0.3 is 19.9 Å². The van der Waals surface area contributed by atoms with Crippen molar-refractivity contribution < 1.29 is 29.0 Å². The number of hydrogen-bond donors (Lipinski definition) is 3. The largest absolute Gasteiger partial charge is 0.490 e. The number of carbonyl (C=O) groups excluding carboxylic acids is 2. The van der Waals surface area contributed by atoms with E-state index in [1.54, 1.807) is 30.3 Å². The SMILES string of the molecule is CCOc1cc(/C=N\NC(=O)C(=O)NC)ccc1OCc1ccc(C(=O)O)cc1. The second-order valence-electron chi connectivity index (χ2n) is 5.71. The third-order valence-corrected chi connectivity index (χ3v) is 3.68. The average Bonchev–Trinajstić information content (AvgIpc) is 2.73. The fraction of sp³-hybridized carbons (Fsp3) is 0.200. The Morgan fingerprint density at radius 2 is 1.76 bits per heavy atom. The Kier molecular flexibility index (Phi) is 7.72. The van der Waals surface area contributed by atoms with Crippen LogP contribution in [0.5, 0.6) is 11.5 Å². The summed E-state index contributed by atoms with van der Waals surface area (Å²) in [6, 6.07) is 11.5. The van der Waals surface area contributed by atoms with Crippen LogP contribution in [0.15, 0.2) is 47.6 Å². The molecule has 29 heavy (non-hydrogen) atoms. The molecule has 0 radical (unpaired) electrons. The van der Waals surface area contributed by atoms with E-state index in [4.69, 9.17) is 14.6 Å². The van der Waals surface area contributed by atoms with Crippen molar-refractivity contribution in [3.8, 4) is 11.5 Å². The molecule has 0 saturated carbocycles. The molecule has 0 bridgehead atoms. The molecule has 152 valence electrons. The third kappa shape index (κ3) is 6.35. The van der Waals surface area contributed by atoms with Crippen molar-refractivity contribution in [3.63, 3.8) is 0 Å². The molecule has 9 heteroatoms. The number of nitrogens with zero attached hydrogens (tertiary/aromatic N) is 1. The highest BCUT2D eigenvalue weighted by Gasteiger charge is 2.10. The number of carboxylic acid groups (broad SMARTS) is 1. The van der Waals surface area contributed by atoms with Crippen LogP contribution >= 0.6 is 0 Å². The topological polar surface area (TPSA) is 126 Å². The Hall–Kier alpha value is -3.88. The van der Waals surface area contributed by atoms with E-state index in [2.05, 4.69) is 15.8 Å². The van der Waals surface area contributed by atoms with Gasteiger partial charge in [0.05, 0.1) is 18.4 Å². The molecular formula is C20H21N3O6. The van der Waals surface area contributed by atoms with Gasteiger partial charge in [-0.1, -0.05) is 12.1 Å². The number of ether oxygens (including phenoxy) is 2. The maximum atomic E-state index is 11.4. The number of rotatable bonds is 8. The smallest absolute Gasteiger partial charge is 0.335 e. The summed E-state index contributed by atoms with van der Waals surface area (Å²) in [5, 5.41) is 14.9. The molecule has 0 aliphatic rings. The number of benzene rings is 2. The molecule has 2 aromatic carbocycles. The summed E-state index contributed by atoms with van der Waals surface area (Å²) >= 11 is 0. The molecule has 2 rings (SSSR count). The Morgan fingerprint density at radius 3 is 2.38 bits per heavy atom. The molecule has 0 unspecified atom stereocenters. The van der Waals surface area contributed by atoms with Gasteiger partial charge in [0.1, 0.15) is 6.61 Å². The number of carboxylic acids is 1. The molecule has 9 nitrogen and oxygen atoms in total. The summed E-state index contributed by atoms with van der Waals surface area (Å²) in [7, 11) is 1.35. The first-order valence-electron chi connectivity index (χ1n) is 8.71. The van der Waals surface area contributed by atoms with Gasteiger partial charge >= 0.3 is 17.8 Å². The van der Waals surface area contributed by atoms with Gasteiger partial charge in [-0.15, -0.1) is 0 Å². The average molecular weight is 399 g/mol. The summed E-state index contributed by atoms with van der Waals surface area (Å²) in [5.74, 6) is -1.67. The normalized spacial score (nSPS) is 10.4. The summed E-state index contributed by atoms with van der Waals surface area (Å²) in [4.78, 5) is 33.4. The van der Waals surface area contributed by atoms with Crippen LogP contribution in [0.3, 0.4) is 0 Å². The lowest BCUT2D eigenvalue weighted by Gasteiger charge is -2.12. The minimum absolute atomic E-state index is 0.205. The lowest BCUT2D eigenvalue weighted by atomic mass is 10.1. The fourth-order valence-corrected chi connectivity index (χ4v) is 2.23. The Morgan fingerprint density at radius 1 is 1.03 bits per heavy atom. The second-order valence-corrected chi connectivity index (χ2v) is 5.71. The molecule has 0 heterocycles. The molecule has 0 saturated heterocycles. The number of hydrazone groups is 1. The lowest BCUT2D eigenvalue weighted by molar-refractivity contribution is -0.138. The van der Waals surface area contributed by atoms with Crippen molar-refractivity contribution in [1.29, 1.82) is 0 Å². The number of hydrogen-bond acceptors (Lipinski definition) is 6. The van der Waals surface area contributed by atoms with Crippen LogP contribution in [0, 0.1) is 0 Å². The number of likely N-dealkylation sites (N-methyl/N-ethyl adjacent to an activating group) is 1. The van der Waals surface area contributed by atoms with Gasteiger partial charge in [0.2, 0.25) is 0 Å². The molecule has 0 aliphatic carbocycles. The highest BCUT2D eigenvalue weighted by atomic mass is 16.5. The van der Waals surface area contributed by atoms with Crippen LogP contribution in [0.1, 0.15) is 28.4 Å². The van der Waals surface area contributed by atoms with E-state index in [9.17, 15) is 14.4 Å². The van der Waals surface area contributed by atoms with Gasteiger partial charge in [-0.3, -0.25) is 9.59 Å². The zero-order valence-electron chi connectivity index (χ0n) is 16.0. The quantitative estimate of drug-likeness (QED) is 0.351. The molecule has 2 aromatic rings. The molecule has 0 aliphatic heterocycles. The maximum absolute atomic E-state index is 11.4. The van der Waals surface area contributed by atoms with E-state index >= 15 is 0 Å². The minimum Gasteiger partial charge on any atom is -0.490 e. The predicted octanol–water partition coefficient (Wildman–Crippen LogP) is 1.56. The molecule has 3 N–H and O–H groups in total. The van der Waals surface area contributed by atoms with Gasteiger partial charge in [-0.2, -0.15) is 5.10 Å². The highest BCUT2D eigenvalue weighted by Crippen LogP contribution is 2.29. The Balaban J connectivity index is 2.05. The Bertz CT molecular complexity index is 909. The van der Waals surface area contributed by atoms with Crippen LogP contribution in [0.2, 0.25) is 0 Å². The van der Waals surface area contributed by atoms with E-state index in [0.29, 0.717) is 23.7 Å². The first-order valence-corrected chi connectivity index (χ1v) is 8.71. The number of carbonyl (C=O) groups is 3. The van der Waals surface area contributed by atoms with Gasteiger partial charge in [0.25, 0.3) is 0 Å². The molecule has 2 amide bonds. The van der Waals surface area contributed by atoms with Crippen LogP contribution in [0.25, 0.3) is 0 Å². The number of amides is 2. The van der Waals surface area contributed by atoms with Crippen molar-refractivity contribution >= 4 is 24.0 Å². The molecule has 0 atom stereocenters. The van der Waals surface area contributed by atoms with Crippen molar-refractivity contribution in [2.45, 2.75) is 13.5 Å². The van der Waals surface area contributed by atoms with E-state index in [1.807, 2.05) is 6.92 Å². The third-order valence-electron chi connectivity index (χ3n) is 3.68.